The van der Waals surface area contributed by atoms with Crippen LogP contribution in [0.4, 0.5) is 10.1 Å². The lowest BCUT2D eigenvalue weighted by Crippen LogP contribution is -2.47. The number of carboxylic acids is 1. The van der Waals surface area contributed by atoms with Gasteiger partial charge in [0.1, 0.15) is 0 Å². The summed E-state index contributed by atoms with van der Waals surface area (Å²) in [5, 5.41) is 30.4. The highest BCUT2D eigenvalue weighted by atomic mass is 19.1. The molecule has 9 heteroatoms. The van der Waals surface area contributed by atoms with Gasteiger partial charge in [-0.05, 0) is 19.1 Å². The number of carbonyl (C=O) groups is 2. The molecule has 2 atom stereocenters. The number of nitrogens with zero attached hydrogens (tertiary/aromatic N) is 1. The molecule has 0 aliphatic carbocycles. The predicted molar refractivity (Wildman–Crippen MR) is 63.6 cm³/mol. The van der Waals surface area contributed by atoms with Gasteiger partial charge < -0.3 is 15.5 Å². The summed E-state index contributed by atoms with van der Waals surface area (Å²) in [6.07, 6.45) is -1.36. The van der Waals surface area contributed by atoms with Crippen molar-refractivity contribution in [1.82, 2.24) is 5.32 Å². The first kappa shape index (κ1) is 15.5. The Hall–Kier alpha value is -2.55. The molecular formula is C11H11FN2O6. The lowest BCUT2D eigenvalue weighted by Gasteiger charge is -2.16. The van der Waals surface area contributed by atoms with E-state index in [1.807, 2.05) is 5.32 Å². The van der Waals surface area contributed by atoms with Gasteiger partial charge in [0.25, 0.3) is 5.91 Å². The van der Waals surface area contributed by atoms with E-state index in [4.69, 9.17) is 5.11 Å². The number of hydrogen-bond donors (Lipinski definition) is 3. The van der Waals surface area contributed by atoms with Gasteiger partial charge >= 0.3 is 11.7 Å². The van der Waals surface area contributed by atoms with E-state index in [2.05, 4.69) is 0 Å². The summed E-state index contributed by atoms with van der Waals surface area (Å²) in [6.45, 7) is 1.16. The number of nitrogens with one attached hydrogen (secondary N) is 1. The van der Waals surface area contributed by atoms with Crippen molar-refractivity contribution >= 4 is 17.6 Å². The molecule has 0 spiro atoms. The molecule has 0 radical (unpaired) electrons. The number of aliphatic carboxylic acids is 1. The van der Waals surface area contributed by atoms with E-state index >= 15 is 0 Å². The highest BCUT2D eigenvalue weighted by Crippen LogP contribution is 2.18. The molecule has 2 unspecified atom stereocenters. The molecule has 0 aliphatic heterocycles. The van der Waals surface area contributed by atoms with Crippen LogP contribution in [0.15, 0.2) is 18.2 Å². The fraction of sp³-hybridized carbons (Fsp3) is 0.273. The maximum atomic E-state index is 13.3. The molecule has 0 aromatic heterocycles. The monoisotopic (exact) mass is 286 g/mol. The number of carbonyl (C=O) groups excluding carboxylic acids is 1. The van der Waals surface area contributed by atoms with Gasteiger partial charge in [0.15, 0.2) is 6.04 Å². The van der Waals surface area contributed by atoms with Crippen LogP contribution >= 0.6 is 0 Å². The van der Waals surface area contributed by atoms with Crippen molar-refractivity contribution in [3.63, 3.8) is 0 Å². The quantitative estimate of drug-likeness (QED) is 0.527. The predicted octanol–water partition coefficient (Wildman–Crippen LogP) is 0.298. The van der Waals surface area contributed by atoms with Gasteiger partial charge in [-0.2, -0.15) is 4.39 Å². The van der Waals surface area contributed by atoms with Crippen molar-refractivity contribution in [2.75, 3.05) is 0 Å². The molecule has 0 saturated heterocycles. The molecule has 20 heavy (non-hydrogen) atoms. The number of rotatable bonds is 5. The Kier molecular flexibility index (Phi) is 4.70. The van der Waals surface area contributed by atoms with Crippen LogP contribution in [0.1, 0.15) is 17.3 Å². The van der Waals surface area contributed by atoms with Crippen molar-refractivity contribution in [3.8, 4) is 0 Å². The number of carboxylic acid groups (broad SMARTS) is 1. The van der Waals surface area contributed by atoms with Crippen molar-refractivity contribution in [2.24, 2.45) is 0 Å². The normalized spacial score (nSPS) is 13.3. The number of nitro benzene ring substituents is 1. The molecule has 0 bridgehead atoms. The van der Waals surface area contributed by atoms with Crippen molar-refractivity contribution in [3.05, 3.63) is 39.7 Å². The molecule has 0 saturated carbocycles. The Balaban J connectivity index is 2.96. The minimum atomic E-state index is -1.57. The number of aliphatic hydroxyl groups is 1. The summed E-state index contributed by atoms with van der Waals surface area (Å²) in [6, 6.07) is 0.828. The topological polar surface area (TPSA) is 130 Å². The maximum absolute atomic E-state index is 13.3. The molecule has 108 valence electrons. The zero-order chi connectivity index (χ0) is 15.4. The van der Waals surface area contributed by atoms with Crippen LogP contribution in [0.25, 0.3) is 0 Å². The molecule has 1 aromatic carbocycles. The third-order valence-corrected chi connectivity index (χ3v) is 2.44. The average molecular weight is 286 g/mol. The first-order valence-electron chi connectivity index (χ1n) is 5.39. The zero-order valence-electron chi connectivity index (χ0n) is 10.2. The summed E-state index contributed by atoms with van der Waals surface area (Å²) in [4.78, 5) is 31.9. The van der Waals surface area contributed by atoms with E-state index in [9.17, 15) is 29.2 Å². The Labute approximate surface area is 112 Å². The van der Waals surface area contributed by atoms with E-state index in [1.165, 1.54) is 0 Å². The molecule has 1 amide bonds. The number of amides is 1. The summed E-state index contributed by atoms with van der Waals surface area (Å²) in [5.41, 5.74) is -1.09. The van der Waals surface area contributed by atoms with E-state index in [0.29, 0.717) is 6.07 Å². The van der Waals surface area contributed by atoms with Crippen LogP contribution in [0.2, 0.25) is 0 Å². The van der Waals surface area contributed by atoms with Gasteiger partial charge in [0.2, 0.25) is 5.82 Å². The number of halogens is 1. The third kappa shape index (κ3) is 3.48. The maximum Gasteiger partial charge on any atom is 0.328 e. The second kappa shape index (κ2) is 6.06. The summed E-state index contributed by atoms with van der Waals surface area (Å²) >= 11 is 0. The Morgan fingerprint density at radius 3 is 2.45 bits per heavy atom. The fourth-order valence-corrected chi connectivity index (χ4v) is 1.41. The van der Waals surface area contributed by atoms with Gasteiger partial charge in [-0.25, -0.2) is 4.79 Å². The van der Waals surface area contributed by atoms with Gasteiger partial charge in [0.05, 0.1) is 11.0 Å². The first-order chi connectivity index (χ1) is 9.23. The largest absolute Gasteiger partial charge is 0.480 e. The van der Waals surface area contributed by atoms with Gasteiger partial charge in [0, 0.05) is 11.6 Å². The second-order valence-corrected chi connectivity index (χ2v) is 3.95. The van der Waals surface area contributed by atoms with Crippen LogP contribution in [0.3, 0.4) is 0 Å². The molecule has 0 aliphatic rings. The molecule has 0 fully saturated rings. The smallest absolute Gasteiger partial charge is 0.328 e. The summed E-state index contributed by atoms with van der Waals surface area (Å²) in [7, 11) is 0. The van der Waals surface area contributed by atoms with Crippen molar-refractivity contribution in [2.45, 2.75) is 19.1 Å². The minimum absolute atomic E-state index is 0.292. The third-order valence-electron chi connectivity index (χ3n) is 2.44. The summed E-state index contributed by atoms with van der Waals surface area (Å²) in [5.74, 6) is -3.64. The van der Waals surface area contributed by atoms with Gasteiger partial charge in [-0.3, -0.25) is 14.9 Å². The van der Waals surface area contributed by atoms with Crippen LogP contribution < -0.4 is 5.32 Å². The average Bonchev–Trinajstić information content (AvgIpc) is 2.34. The summed E-state index contributed by atoms with van der Waals surface area (Å²) < 4.78 is 13.3. The number of aliphatic hydroxyl groups excluding tert-OH is 1. The van der Waals surface area contributed by atoms with E-state index in [1.54, 1.807) is 0 Å². The lowest BCUT2D eigenvalue weighted by molar-refractivity contribution is -0.387. The second-order valence-electron chi connectivity index (χ2n) is 3.95. The minimum Gasteiger partial charge on any atom is -0.480 e. The van der Waals surface area contributed by atoms with E-state index in [0.717, 1.165) is 19.1 Å². The number of hydrogen-bond acceptors (Lipinski definition) is 5. The zero-order valence-corrected chi connectivity index (χ0v) is 10.2. The number of benzene rings is 1. The molecular weight excluding hydrogens is 275 g/mol. The van der Waals surface area contributed by atoms with Crippen LogP contribution in [-0.4, -0.2) is 39.2 Å². The standard InChI is InChI=1S/C11H11FN2O6/c1-5(15)9(11(17)18)13-10(16)6-2-3-8(14(19)20)7(12)4-6/h2-5,9,15H,1H3,(H,13,16)(H,17,18). The number of nitro groups is 1. The SMILES string of the molecule is CC(O)C(NC(=O)c1ccc([N+](=O)[O-])c(F)c1)C(=O)O. The van der Waals surface area contributed by atoms with Gasteiger partial charge in [-0.15, -0.1) is 0 Å². The molecule has 1 rings (SSSR count). The fourth-order valence-electron chi connectivity index (χ4n) is 1.41. The van der Waals surface area contributed by atoms with Crippen LogP contribution in [0.5, 0.6) is 0 Å². The molecule has 3 N–H and O–H groups in total. The van der Waals surface area contributed by atoms with Crippen molar-refractivity contribution in [1.29, 1.82) is 0 Å². The Morgan fingerprint density at radius 2 is 2.05 bits per heavy atom. The lowest BCUT2D eigenvalue weighted by atomic mass is 10.1. The van der Waals surface area contributed by atoms with Gasteiger partial charge in [-0.1, -0.05) is 0 Å². The highest BCUT2D eigenvalue weighted by molar-refractivity contribution is 5.96. The first-order valence-corrected chi connectivity index (χ1v) is 5.39. The van der Waals surface area contributed by atoms with E-state index in [-0.39, 0.29) is 5.56 Å². The molecule has 0 heterocycles. The Morgan fingerprint density at radius 1 is 1.45 bits per heavy atom. The van der Waals surface area contributed by atoms with Crippen LogP contribution in [-0.2, 0) is 4.79 Å². The van der Waals surface area contributed by atoms with E-state index < -0.39 is 40.5 Å². The Bertz CT molecular complexity index is 560. The highest BCUT2D eigenvalue weighted by Gasteiger charge is 2.26. The van der Waals surface area contributed by atoms with Crippen LogP contribution in [0, 0.1) is 15.9 Å². The molecule has 1 aromatic rings. The van der Waals surface area contributed by atoms with Crippen molar-refractivity contribution < 1.29 is 29.1 Å². The molecule has 8 nitrogen and oxygen atoms in total.